The third-order valence-electron chi connectivity index (χ3n) is 9.48. The van der Waals surface area contributed by atoms with E-state index in [-0.39, 0.29) is 20.6 Å². The number of nitrogens with two attached hydrogens (primary N) is 2. The molecule has 2 aromatic carbocycles. The number of ether oxygens (including phenoxy) is 4. The van der Waals surface area contributed by atoms with Crippen LogP contribution in [0.2, 0.25) is 0 Å². The van der Waals surface area contributed by atoms with Crippen molar-refractivity contribution >= 4 is 68.4 Å². The Morgan fingerprint density at radius 1 is 0.833 bits per heavy atom. The molecule has 14 nitrogen and oxygen atoms in total. The molecular formula is C43H45I2N8O6V-. The summed E-state index contributed by atoms with van der Waals surface area (Å²) in [5.41, 5.74) is 21.8. The van der Waals surface area contributed by atoms with Crippen LogP contribution in [-0.4, -0.2) is 55.2 Å². The minimum absolute atomic E-state index is 0. The van der Waals surface area contributed by atoms with E-state index in [0.717, 1.165) is 27.9 Å². The summed E-state index contributed by atoms with van der Waals surface area (Å²) >= 11 is 4.74. The average Bonchev–Trinajstić information content (AvgIpc) is 3.22. The van der Waals surface area contributed by atoms with E-state index in [2.05, 4.69) is 72.4 Å². The van der Waals surface area contributed by atoms with Crippen molar-refractivity contribution in [1.82, 2.24) is 15.0 Å². The predicted octanol–water partition coefficient (Wildman–Crippen LogP) is 7.99. The molecular weight excluding hydrogens is 1030 g/mol. The van der Waals surface area contributed by atoms with Crippen molar-refractivity contribution in [2.45, 2.75) is 46.8 Å². The van der Waals surface area contributed by atoms with Crippen molar-refractivity contribution in [2.75, 3.05) is 33.8 Å². The Balaban J connectivity index is 0.000000296. The van der Waals surface area contributed by atoms with Gasteiger partial charge in [-0.05, 0) is 69.2 Å². The van der Waals surface area contributed by atoms with E-state index in [4.69, 9.17) is 30.4 Å². The van der Waals surface area contributed by atoms with Crippen LogP contribution in [-0.2, 0) is 36.9 Å². The second-order valence-corrected chi connectivity index (χ2v) is 24.9. The molecule has 5 aromatic rings. The van der Waals surface area contributed by atoms with E-state index in [1.54, 1.807) is 69.9 Å². The van der Waals surface area contributed by atoms with E-state index in [0.29, 0.717) is 88.0 Å². The standard InChI is InChI=1S/C21H22N4O3.C21H20N4O3.CH3.2HI.V/c2*1-11-9-24-15(10-27-3)19-18(17(21(23)26)12(2)25-20(11)19)14-6-5-13(8-22)7-16(14)28-4;;;;/h5-7,9,18,25H,10H2,1-4H3,(H2,23,26);5-7,9H,10H2,1-4H3,(H2,23,26);1H3;2*1H;/q;;-1;;;+2/p-2. The summed E-state index contributed by atoms with van der Waals surface area (Å²) in [6, 6.07) is 14.4. The molecule has 6 rings (SSSR count). The van der Waals surface area contributed by atoms with E-state index in [1.165, 1.54) is 14.2 Å². The van der Waals surface area contributed by atoms with Crippen LogP contribution in [0.4, 0.5) is 5.69 Å². The first-order chi connectivity index (χ1) is 28.3. The topological polar surface area (TPSA) is 221 Å². The van der Waals surface area contributed by atoms with Crippen LogP contribution in [0, 0.1) is 50.9 Å². The summed E-state index contributed by atoms with van der Waals surface area (Å²) in [7, 11) is 6.85. The number of pyridine rings is 3. The molecule has 0 fully saturated rings. The summed E-state index contributed by atoms with van der Waals surface area (Å²) in [5.74, 6) is -0.657. The number of halogens is 2. The molecule has 0 spiro atoms. The van der Waals surface area contributed by atoms with Crippen molar-refractivity contribution in [1.29, 1.82) is 10.5 Å². The zero-order chi connectivity index (χ0) is 43.6. The summed E-state index contributed by atoms with van der Waals surface area (Å²) in [5, 5.41) is 22.4. The number of carbonyl (C=O) groups is 2. The van der Waals surface area contributed by atoms with Crippen LogP contribution in [0.15, 0.2) is 60.1 Å². The number of carbonyl (C=O) groups excluding carboxylic acids is 2. The molecule has 0 saturated carbocycles. The molecule has 0 bridgehead atoms. The van der Waals surface area contributed by atoms with Crippen LogP contribution in [0.25, 0.3) is 22.0 Å². The van der Waals surface area contributed by atoms with Crippen molar-refractivity contribution in [3.8, 4) is 34.8 Å². The molecule has 0 saturated heterocycles. The van der Waals surface area contributed by atoms with Crippen molar-refractivity contribution in [2.24, 2.45) is 11.5 Å². The Hall–Kier alpha value is -4.83. The number of aromatic nitrogens is 3. The monoisotopic (exact) mass is 1070 g/mol. The summed E-state index contributed by atoms with van der Waals surface area (Å²) < 4.78 is 21.7. The molecule has 60 heavy (non-hydrogen) atoms. The summed E-state index contributed by atoms with van der Waals surface area (Å²) in [4.78, 5) is 38.4. The zero-order valence-corrected chi connectivity index (χ0v) is 40.4. The molecule has 0 aliphatic carbocycles. The fraction of sp³-hybridized carbons (Fsp3) is 0.256. The first-order valence-corrected chi connectivity index (χ1v) is 26.7. The molecule has 1 aliphatic heterocycles. The fourth-order valence-corrected chi connectivity index (χ4v) is 7.02. The third-order valence-corrected chi connectivity index (χ3v) is 9.48. The number of allylic oxidation sites excluding steroid dienone is 1. The van der Waals surface area contributed by atoms with Crippen LogP contribution < -0.4 is 26.3 Å². The van der Waals surface area contributed by atoms with E-state index < -0.39 is 17.7 Å². The molecule has 313 valence electrons. The van der Waals surface area contributed by atoms with Gasteiger partial charge in [-0.25, -0.2) is 0 Å². The van der Waals surface area contributed by atoms with Crippen LogP contribution >= 0.6 is 40.0 Å². The van der Waals surface area contributed by atoms with Gasteiger partial charge < -0.3 is 43.2 Å². The number of primary amides is 2. The van der Waals surface area contributed by atoms with Crippen molar-refractivity contribution in [3.63, 3.8) is 0 Å². The van der Waals surface area contributed by atoms with E-state index in [1.807, 2.05) is 20.8 Å². The number of fused-ring (bicyclic) bond motifs is 2. The van der Waals surface area contributed by atoms with Crippen molar-refractivity contribution < 1.29 is 38.0 Å². The summed E-state index contributed by atoms with van der Waals surface area (Å²) in [6.45, 7) is 7.94. The first kappa shape index (κ1) is 49.5. The Kier molecular flexibility index (Phi) is 18.7. The number of nitrogens with zero attached hydrogens (tertiary/aromatic N) is 5. The second-order valence-electron chi connectivity index (χ2n) is 13.1. The average molecular weight is 1070 g/mol. The van der Waals surface area contributed by atoms with Gasteiger partial charge in [-0.2, -0.15) is 10.5 Å². The number of anilines is 1. The number of nitrogens with one attached hydrogen (secondary N) is 1. The maximum atomic E-state index is 12.4. The predicted molar refractivity (Wildman–Crippen MR) is 244 cm³/mol. The number of aryl methyl sites for hydroxylation is 3. The van der Waals surface area contributed by atoms with Gasteiger partial charge in [0.1, 0.15) is 11.5 Å². The Morgan fingerprint density at radius 3 is 1.93 bits per heavy atom. The molecule has 1 unspecified atom stereocenters. The molecule has 3 aromatic heterocycles. The van der Waals surface area contributed by atoms with Crippen LogP contribution in [0.3, 0.4) is 0 Å². The number of rotatable bonds is 10. The van der Waals surface area contributed by atoms with Crippen LogP contribution in [0.5, 0.6) is 11.5 Å². The van der Waals surface area contributed by atoms with Crippen LogP contribution in [0.1, 0.15) is 73.7 Å². The van der Waals surface area contributed by atoms with E-state index >= 15 is 0 Å². The SMILES string of the molecule is COCc1ncc(C)c2c1C(c1ccc(C#N)cc1OC)C(C(N)=O)=C(C)N2.COCc1ncc(C)c2nc(C)c(C(N)=O)c(-c3ccc(C#N)cc3OC)c12.[CH3-].[I][V][I]. The maximum absolute atomic E-state index is 12.4. The molecule has 0 radical (unpaired) electrons. The van der Waals surface area contributed by atoms with Gasteiger partial charge in [0.25, 0.3) is 5.91 Å². The minimum atomic E-state index is -0.599. The number of benzene rings is 2. The Labute approximate surface area is 379 Å². The van der Waals surface area contributed by atoms with Gasteiger partial charge >= 0.3 is 49.4 Å². The molecule has 1 atom stereocenters. The number of amides is 2. The second kappa shape index (κ2) is 22.7. The molecule has 4 heterocycles. The quantitative estimate of drug-likeness (QED) is 0.0895. The number of methoxy groups -OCH3 is 4. The van der Waals surface area contributed by atoms with Gasteiger partial charge in [0, 0.05) is 77.1 Å². The fourth-order valence-electron chi connectivity index (χ4n) is 7.02. The number of hydrogen-bond acceptors (Lipinski definition) is 12. The van der Waals surface area contributed by atoms with Gasteiger partial charge in [-0.3, -0.25) is 24.5 Å². The normalized spacial score (nSPS) is 12.4. The summed E-state index contributed by atoms with van der Waals surface area (Å²) in [6.07, 6.45) is 3.50. The Morgan fingerprint density at radius 2 is 1.38 bits per heavy atom. The molecule has 5 N–H and O–H groups in total. The van der Waals surface area contributed by atoms with Gasteiger partial charge in [-0.15, -0.1) is 0 Å². The molecule has 17 heteroatoms. The van der Waals surface area contributed by atoms with E-state index in [9.17, 15) is 20.1 Å². The molecule has 1 aliphatic rings. The first-order valence-electron chi connectivity index (χ1n) is 17.7. The van der Waals surface area contributed by atoms with Gasteiger partial charge in [0.2, 0.25) is 5.91 Å². The number of nitriles is 2. The number of hydrogen-bond donors (Lipinski definition) is 3. The van der Waals surface area contributed by atoms with Gasteiger partial charge in [0.15, 0.2) is 0 Å². The molecule has 2 amide bonds. The third kappa shape index (κ3) is 10.5. The Bertz CT molecular complexity index is 2540. The van der Waals surface area contributed by atoms with Crippen molar-refractivity contribution in [3.05, 3.63) is 124 Å². The zero-order valence-electron chi connectivity index (χ0n) is 34.7. The van der Waals surface area contributed by atoms with Gasteiger partial charge in [-0.1, -0.05) is 6.07 Å². The van der Waals surface area contributed by atoms with Gasteiger partial charge in [0.05, 0.1) is 78.9 Å².